The molecule has 2 aromatic heterocycles. The van der Waals surface area contributed by atoms with E-state index in [0.29, 0.717) is 17.0 Å². The summed E-state index contributed by atoms with van der Waals surface area (Å²) in [5.74, 6) is 0. The van der Waals surface area contributed by atoms with E-state index in [-0.39, 0.29) is 11.6 Å². The van der Waals surface area contributed by atoms with Gasteiger partial charge in [-0.25, -0.2) is 0 Å². The number of rotatable bonds is 3. The zero-order valence-electron chi connectivity index (χ0n) is 17.8. The van der Waals surface area contributed by atoms with Gasteiger partial charge in [-0.05, 0) is 41.5 Å². The van der Waals surface area contributed by atoms with E-state index in [4.69, 9.17) is 11.6 Å². The maximum atomic E-state index is 13.3. The SMILES string of the molecule is Cn1ncc2cc(C3CC(c4c(-c5ccccc5)c5cc(Cl)ccc5[nH]c4=O)=NN3)ccc21. The van der Waals surface area contributed by atoms with Gasteiger partial charge in [-0.15, -0.1) is 0 Å². The summed E-state index contributed by atoms with van der Waals surface area (Å²) in [5.41, 5.74) is 9.12. The highest BCUT2D eigenvalue weighted by Gasteiger charge is 2.27. The Balaban J connectivity index is 1.47. The third-order valence-electron chi connectivity index (χ3n) is 6.25. The molecule has 0 saturated carbocycles. The highest BCUT2D eigenvalue weighted by molar-refractivity contribution is 6.31. The quantitative estimate of drug-likeness (QED) is 0.395. The van der Waals surface area contributed by atoms with Gasteiger partial charge in [0.1, 0.15) is 0 Å². The van der Waals surface area contributed by atoms with Crippen LogP contribution in [0.15, 0.2) is 82.8 Å². The maximum Gasteiger partial charge on any atom is 0.258 e. The first-order valence-corrected chi connectivity index (χ1v) is 11.1. The van der Waals surface area contributed by atoms with Crippen LogP contribution in [0.25, 0.3) is 32.9 Å². The monoisotopic (exact) mass is 453 g/mol. The lowest BCUT2D eigenvalue weighted by molar-refractivity contribution is 0.620. The molecule has 0 aliphatic carbocycles. The molecule has 0 saturated heterocycles. The standard InChI is InChI=1S/C26H20ClN5O/c1-32-23-10-7-16(11-17(23)14-28-32)21-13-22(31-30-21)25-24(15-5-3-2-4-6-15)19-12-18(27)8-9-20(19)29-26(25)33/h2-12,14,21,30H,13H2,1H3,(H,29,33). The third-order valence-corrected chi connectivity index (χ3v) is 6.49. The van der Waals surface area contributed by atoms with Crippen LogP contribution in [0.4, 0.5) is 0 Å². The number of nitrogens with one attached hydrogen (secondary N) is 2. The molecule has 1 aliphatic heterocycles. The molecule has 162 valence electrons. The van der Waals surface area contributed by atoms with Crippen LogP contribution in [0.5, 0.6) is 0 Å². The molecule has 1 atom stereocenters. The first kappa shape index (κ1) is 19.8. The zero-order chi connectivity index (χ0) is 22.5. The fourth-order valence-corrected chi connectivity index (χ4v) is 4.81. The molecule has 33 heavy (non-hydrogen) atoms. The highest BCUT2D eigenvalue weighted by Crippen LogP contribution is 2.34. The van der Waals surface area contributed by atoms with E-state index in [1.165, 1.54) is 0 Å². The Morgan fingerprint density at radius 2 is 1.88 bits per heavy atom. The molecule has 0 fully saturated rings. The number of fused-ring (bicyclic) bond motifs is 2. The number of pyridine rings is 1. The minimum absolute atomic E-state index is 0.0253. The van der Waals surface area contributed by atoms with Crippen molar-refractivity contribution in [1.29, 1.82) is 0 Å². The van der Waals surface area contributed by atoms with Crippen molar-refractivity contribution >= 4 is 39.1 Å². The number of aromatic amines is 1. The van der Waals surface area contributed by atoms with E-state index in [0.717, 1.165) is 44.2 Å². The summed E-state index contributed by atoms with van der Waals surface area (Å²) >= 11 is 6.34. The average Bonchev–Trinajstić information content (AvgIpc) is 3.46. The molecular formula is C26H20ClN5O. The molecule has 5 aromatic rings. The van der Waals surface area contributed by atoms with Crippen molar-refractivity contribution in [2.75, 3.05) is 0 Å². The maximum absolute atomic E-state index is 13.3. The van der Waals surface area contributed by atoms with Gasteiger partial charge in [0.15, 0.2) is 0 Å². The zero-order valence-corrected chi connectivity index (χ0v) is 18.6. The second kappa shape index (κ2) is 7.60. The summed E-state index contributed by atoms with van der Waals surface area (Å²) in [6.07, 6.45) is 2.46. The molecule has 3 heterocycles. The van der Waals surface area contributed by atoms with Crippen molar-refractivity contribution in [2.45, 2.75) is 12.5 Å². The van der Waals surface area contributed by atoms with Crippen molar-refractivity contribution in [1.82, 2.24) is 20.2 Å². The second-order valence-electron chi connectivity index (χ2n) is 8.29. The minimum atomic E-state index is -0.160. The van der Waals surface area contributed by atoms with Crippen molar-refractivity contribution in [3.8, 4) is 11.1 Å². The Labute approximate surface area is 194 Å². The van der Waals surface area contributed by atoms with Gasteiger partial charge >= 0.3 is 0 Å². The summed E-state index contributed by atoms with van der Waals surface area (Å²) in [5, 5.41) is 11.5. The van der Waals surface area contributed by atoms with Crippen molar-refractivity contribution in [3.05, 3.63) is 99.4 Å². The topological polar surface area (TPSA) is 75.1 Å². The summed E-state index contributed by atoms with van der Waals surface area (Å²) in [6, 6.07) is 21.7. The molecule has 0 amide bonds. The molecule has 3 aromatic carbocycles. The Kier molecular flexibility index (Phi) is 4.55. The Morgan fingerprint density at radius 1 is 1.03 bits per heavy atom. The van der Waals surface area contributed by atoms with Crippen LogP contribution in [-0.2, 0) is 7.05 Å². The van der Waals surface area contributed by atoms with E-state index in [1.54, 1.807) is 6.07 Å². The fraction of sp³-hybridized carbons (Fsp3) is 0.115. The molecule has 0 radical (unpaired) electrons. The molecule has 1 aliphatic rings. The molecule has 0 spiro atoms. The first-order valence-electron chi connectivity index (χ1n) is 10.7. The van der Waals surface area contributed by atoms with Gasteiger partial charge in [0.25, 0.3) is 5.56 Å². The van der Waals surface area contributed by atoms with Crippen LogP contribution in [0, 0.1) is 0 Å². The number of hydrogen-bond donors (Lipinski definition) is 2. The van der Waals surface area contributed by atoms with Crippen LogP contribution in [0.3, 0.4) is 0 Å². The molecule has 1 unspecified atom stereocenters. The van der Waals surface area contributed by atoms with Crippen LogP contribution in [0.1, 0.15) is 23.6 Å². The first-order chi connectivity index (χ1) is 16.1. The lowest BCUT2D eigenvalue weighted by Gasteiger charge is -2.14. The predicted molar refractivity (Wildman–Crippen MR) is 133 cm³/mol. The average molecular weight is 454 g/mol. The van der Waals surface area contributed by atoms with Crippen molar-refractivity contribution in [3.63, 3.8) is 0 Å². The Hall–Kier alpha value is -3.90. The number of aryl methyl sites for hydroxylation is 1. The van der Waals surface area contributed by atoms with E-state index < -0.39 is 0 Å². The van der Waals surface area contributed by atoms with E-state index >= 15 is 0 Å². The summed E-state index contributed by atoms with van der Waals surface area (Å²) in [4.78, 5) is 16.3. The molecule has 0 bridgehead atoms. The van der Waals surface area contributed by atoms with Gasteiger partial charge in [-0.2, -0.15) is 10.2 Å². The third kappa shape index (κ3) is 3.31. The number of aromatic nitrogens is 3. The van der Waals surface area contributed by atoms with Crippen LogP contribution in [-0.4, -0.2) is 20.5 Å². The number of H-pyrrole nitrogens is 1. The Morgan fingerprint density at radius 3 is 2.73 bits per heavy atom. The molecular weight excluding hydrogens is 434 g/mol. The smallest absolute Gasteiger partial charge is 0.258 e. The Bertz CT molecular complexity index is 1620. The predicted octanol–water partition coefficient (Wildman–Crippen LogP) is 5.17. The summed E-state index contributed by atoms with van der Waals surface area (Å²) in [7, 11) is 1.93. The highest BCUT2D eigenvalue weighted by atomic mass is 35.5. The minimum Gasteiger partial charge on any atom is -0.321 e. The van der Waals surface area contributed by atoms with Gasteiger partial charge in [0.2, 0.25) is 0 Å². The molecule has 2 N–H and O–H groups in total. The van der Waals surface area contributed by atoms with E-state index in [9.17, 15) is 4.79 Å². The number of halogens is 1. The van der Waals surface area contributed by atoms with Gasteiger partial charge < -0.3 is 10.4 Å². The number of benzene rings is 3. The van der Waals surface area contributed by atoms with Crippen LogP contribution in [0.2, 0.25) is 5.02 Å². The number of nitrogens with zero attached hydrogens (tertiary/aromatic N) is 3. The number of hydrogen-bond acceptors (Lipinski definition) is 4. The summed E-state index contributed by atoms with van der Waals surface area (Å²) < 4.78 is 1.86. The van der Waals surface area contributed by atoms with Gasteiger partial charge in [0.05, 0.1) is 29.0 Å². The fourth-order valence-electron chi connectivity index (χ4n) is 4.64. The van der Waals surface area contributed by atoms with Crippen molar-refractivity contribution < 1.29 is 0 Å². The van der Waals surface area contributed by atoms with E-state index in [1.807, 2.05) is 60.4 Å². The second-order valence-corrected chi connectivity index (χ2v) is 8.73. The molecule has 7 heteroatoms. The van der Waals surface area contributed by atoms with Gasteiger partial charge in [-0.3, -0.25) is 9.48 Å². The van der Waals surface area contributed by atoms with Gasteiger partial charge in [-0.1, -0.05) is 48.0 Å². The molecule has 6 rings (SSSR count). The lowest BCUT2D eigenvalue weighted by Crippen LogP contribution is -2.20. The largest absolute Gasteiger partial charge is 0.321 e. The molecule has 6 nitrogen and oxygen atoms in total. The van der Waals surface area contributed by atoms with Crippen LogP contribution < -0.4 is 11.0 Å². The number of hydrazone groups is 1. The lowest BCUT2D eigenvalue weighted by atomic mass is 9.91. The van der Waals surface area contributed by atoms with Gasteiger partial charge in [0, 0.05) is 40.3 Å². The van der Waals surface area contributed by atoms with Crippen molar-refractivity contribution in [2.24, 2.45) is 12.1 Å². The summed E-state index contributed by atoms with van der Waals surface area (Å²) in [6.45, 7) is 0. The van der Waals surface area contributed by atoms with Crippen LogP contribution >= 0.6 is 11.6 Å². The van der Waals surface area contributed by atoms with E-state index in [2.05, 4.69) is 38.8 Å². The normalized spacial score (nSPS) is 15.7.